The van der Waals surface area contributed by atoms with Gasteiger partial charge >= 0.3 is 6.09 Å². The van der Waals surface area contributed by atoms with Gasteiger partial charge in [0, 0.05) is 24.5 Å². The van der Waals surface area contributed by atoms with E-state index in [4.69, 9.17) is 9.15 Å². The first-order valence-corrected chi connectivity index (χ1v) is 10.5. The number of nitrogens with one attached hydrogen (secondary N) is 1. The van der Waals surface area contributed by atoms with Gasteiger partial charge in [-0.15, -0.1) is 0 Å². The van der Waals surface area contributed by atoms with E-state index in [1.807, 2.05) is 51.1 Å². The van der Waals surface area contributed by atoms with Crippen LogP contribution in [0.2, 0.25) is 0 Å². The summed E-state index contributed by atoms with van der Waals surface area (Å²) in [4.78, 5) is 31.8. The van der Waals surface area contributed by atoms with Crippen molar-refractivity contribution in [3.05, 3.63) is 54.3 Å². The van der Waals surface area contributed by atoms with Gasteiger partial charge in [0.25, 0.3) is 5.91 Å². The second-order valence-electron chi connectivity index (χ2n) is 8.76. The fraction of sp³-hybridized carbons (Fsp3) is 0.375. The molecule has 4 rings (SSSR count). The Morgan fingerprint density at radius 1 is 1.13 bits per heavy atom. The fourth-order valence-electron chi connectivity index (χ4n) is 3.71. The quantitative estimate of drug-likeness (QED) is 0.667. The van der Waals surface area contributed by atoms with Crippen molar-refractivity contribution in [2.45, 2.75) is 45.3 Å². The van der Waals surface area contributed by atoms with Crippen molar-refractivity contribution in [3.63, 3.8) is 0 Å². The molecule has 162 valence electrons. The summed E-state index contributed by atoms with van der Waals surface area (Å²) in [5.41, 5.74) is 1.40. The number of nitrogens with zero attached hydrogens (tertiary/aromatic N) is 2. The monoisotopic (exact) mass is 421 g/mol. The van der Waals surface area contributed by atoms with Crippen LogP contribution in [0.15, 0.2) is 53.1 Å². The summed E-state index contributed by atoms with van der Waals surface area (Å²) in [6, 6.07) is 13.0. The van der Waals surface area contributed by atoms with Crippen molar-refractivity contribution in [2.75, 3.05) is 13.1 Å². The SMILES string of the molecule is CC(C)(C)OC(=O)N1CCC(NC(=O)c2cc(-c3ccco3)nc3ccccc23)CC1. The zero-order valence-electron chi connectivity index (χ0n) is 18.1. The largest absolute Gasteiger partial charge is 0.463 e. The van der Waals surface area contributed by atoms with Crippen LogP contribution in [0.25, 0.3) is 22.4 Å². The van der Waals surface area contributed by atoms with Crippen LogP contribution in [0.3, 0.4) is 0 Å². The van der Waals surface area contributed by atoms with Gasteiger partial charge in [0.15, 0.2) is 5.76 Å². The lowest BCUT2D eigenvalue weighted by Gasteiger charge is -2.33. The predicted molar refractivity (Wildman–Crippen MR) is 118 cm³/mol. The van der Waals surface area contributed by atoms with Gasteiger partial charge in [0.1, 0.15) is 11.3 Å². The van der Waals surface area contributed by atoms with Crippen molar-refractivity contribution in [1.29, 1.82) is 0 Å². The maximum Gasteiger partial charge on any atom is 0.410 e. The van der Waals surface area contributed by atoms with Crippen LogP contribution in [0.5, 0.6) is 0 Å². The molecule has 1 fully saturated rings. The van der Waals surface area contributed by atoms with E-state index >= 15 is 0 Å². The number of ether oxygens (including phenoxy) is 1. The van der Waals surface area contributed by atoms with E-state index in [0.29, 0.717) is 42.9 Å². The smallest absolute Gasteiger partial charge is 0.410 e. The maximum atomic E-state index is 13.2. The molecule has 31 heavy (non-hydrogen) atoms. The Bertz CT molecular complexity index is 1080. The highest BCUT2D eigenvalue weighted by Gasteiger charge is 2.28. The number of para-hydroxylation sites is 1. The number of fused-ring (bicyclic) bond motifs is 1. The lowest BCUT2D eigenvalue weighted by molar-refractivity contribution is 0.0199. The number of carbonyl (C=O) groups excluding carboxylic acids is 2. The molecular weight excluding hydrogens is 394 g/mol. The highest BCUT2D eigenvalue weighted by Crippen LogP contribution is 2.25. The van der Waals surface area contributed by atoms with E-state index in [1.54, 1.807) is 23.3 Å². The third-order valence-corrected chi connectivity index (χ3v) is 5.22. The van der Waals surface area contributed by atoms with Crippen molar-refractivity contribution in [2.24, 2.45) is 0 Å². The summed E-state index contributed by atoms with van der Waals surface area (Å²) in [5, 5.41) is 3.92. The first-order chi connectivity index (χ1) is 14.8. The van der Waals surface area contributed by atoms with Crippen LogP contribution in [-0.4, -0.2) is 46.6 Å². The minimum atomic E-state index is -0.518. The second-order valence-corrected chi connectivity index (χ2v) is 8.76. The van der Waals surface area contributed by atoms with Crippen molar-refractivity contribution in [3.8, 4) is 11.5 Å². The Kier molecular flexibility index (Phi) is 5.67. The zero-order chi connectivity index (χ0) is 22.0. The molecule has 7 heteroatoms. The van der Waals surface area contributed by atoms with Crippen molar-refractivity contribution >= 4 is 22.9 Å². The Morgan fingerprint density at radius 3 is 2.55 bits per heavy atom. The molecule has 2 amide bonds. The molecule has 1 N–H and O–H groups in total. The number of hydrogen-bond donors (Lipinski definition) is 1. The molecule has 1 saturated heterocycles. The van der Waals surface area contributed by atoms with Gasteiger partial charge in [-0.2, -0.15) is 0 Å². The molecule has 0 aliphatic carbocycles. The normalized spacial score (nSPS) is 15.1. The van der Waals surface area contributed by atoms with Crippen LogP contribution in [0, 0.1) is 0 Å². The molecule has 2 aromatic heterocycles. The third kappa shape index (κ3) is 4.87. The van der Waals surface area contributed by atoms with Gasteiger partial charge in [0.05, 0.1) is 17.3 Å². The molecule has 0 saturated carbocycles. The third-order valence-electron chi connectivity index (χ3n) is 5.22. The Morgan fingerprint density at radius 2 is 1.87 bits per heavy atom. The van der Waals surface area contributed by atoms with E-state index in [9.17, 15) is 9.59 Å². The predicted octanol–water partition coefficient (Wildman–Crippen LogP) is 4.62. The topological polar surface area (TPSA) is 84.7 Å². The van der Waals surface area contributed by atoms with E-state index in [2.05, 4.69) is 10.3 Å². The minimum absolute atomic E-state index is 0.00910. The number of furan rings is 1. The van der Waals surface area contributed by atoms with E-state index in [0.717, 1.165) is 10.9 Å². The summed E-state index contributed by atoms with van der Waals surface area (Å²) in [5.74, 6) is 0.465. The van der Waals surface area contributed by atoms with Crippen LogP contribution < -0.4 is 5.32 Å². The molecular formula is C24H27N3O4. The summed E-state index contributed by atoms with van der Waals surface area (Å²) in [6.07, 6.45) is 2.64. The Labute approximate surface area is 181 Å². The molecule has 0 bridgehead atoms. The number of amides is 2. The molecule has 3 aromatic rings. The second kappa shape index (κ2) is 8.41. The average Bonchev–Trinajstić information content (AvgIpc) is 3.27. The lowest BCUT2D eigenvalue weighted by atomic mass is 10.0. The van der Waals surface area contributed by atoms with Crippen LogP contribution in [0.1, 0.15) is 44.0 Å². The molecule has 0 atom stereocenters. The van der Waals surface area contributed by atoms with Crippen molar-refractivity contribution in [1.82, 2.24) is 15.2 Å². The summed E-state index contributed by atoms with van der Waals surface area (Å²) >= 11 is 0. The van der Waals surface area contributed by atoms with Gasteiger partial charge in [-0.1, -0.05) is 18.2 Å². The van der Waals surface area contributed by atoms with Gasteiger partial charge < -0.3 is 19.4 Å². The lowest BCUT2D eigenvalue weighted by Crippen LogP contribution is -2.47. The standard InChI is InChI=1S/C24H27N3O4/c1-24(2,3)31-23(29)27-12-10-16(11-13-27)25-22(28)18-15-20(21-9-6-14-30-21)26-19-8-5-4-7-17(18)19/h4-9,14-16H,10-13H2,1-3H3,(H,25,28). The first kappa shape index (κ1) is 20.9. The summed E-state index contributed by atoms with van der Waals surface area (Å²) in [6.45, 7) is 6.67. The Hall–Kier alpha value is -3.35. The maximum absolute atomic E-state index is 13.2. The Balaban J connectivity index is 1.48. The number of benzene rings is 1. The number of aromatic nitrogens is 1. The molecule has 1 aliphatic rings. The highest BCUT2D eigenvalue weighted by atomic mass is 16.6. The minimum Gasteiger partial charge on any atom is -0.463 e. The van der Waals surface area contributed by atoms with Crippen LogP contribution in [0.4, 0.5) is 4.79 Å². The van der Waals surface area contributed by atoms with E-state index in [1.165, 1.54) is 0 Å². The highest BCUT2D eigenvalue weighted by molar-refractivity contribution is 6.07. The average molecular weight is 421 g/mol. The van der Waals surface area contributed by atoms with Gasteiger partial charge in [-0.05, 0) is 57.9 Å². The molecule has 1 aromatic carbocycles. The van der Waals surface area contributed by atoms with E-state index < -0.39 is 5.60 Å². The first-order valence-electron chi connectivity index (χ1n) is 10.5. The summed E-state index contributed by atoms with van der Waals surface area (Å²) in [7, 11) is 0. The molecule has 0 radical (unpaired) electrons. The molecule has 7 nitrogen and oxygen atoms in total. The number of rotatable bonds is 3. The van der Waals surface area contributed by atoms with Gasteiger partial charge in [-0.25, -0.2) is 9.78 Å². The molecule has 0 unspecified atom stereocenters. The fourth-order valence-corrected chi connectivity index (χ4v) is 3.71. The number of piperidine rings is 1. The molecule has 1 aliphatic heterocycles. The molecule has 0 spiro atoms. The van der Waals surface area contributed by atoms with E-state index in [-0.39, 0.29) is 18.0 Å². The number of carbonyl (C=O) groups is 2. The number of hydrogen-bond acceptors (Lipinski definition) is 5. The van der Waals surface area contributed by atoms with Crippen LogP contribution in [-0.2, 0) is 4.74 Å². The van der Waals surface area contributed by atoms with Crippen LogP contribution >= 0.6 is 0 Å². The molecule has 3 heterocycles. The van der Waals surface area contributed by atoms with Gasteiger partial charge in [-0.3, -0.25) is 4.79 Å². The summed E-state index contributed by atoms with van der Waals surface area (Å²) < 4.78 is 10.9. The number of likely N-dealkylation sites (tertiary alicyclic amines) is 1. The zero-order valence-corrected chi connectivity index (χ0v) is 18.1. The number of pyridine rings is 1. The van der Waals surface area contributed by atoms with Gasteiger partial charge in [0.2, 0.25) is 0 Å². The van der Waals surface area contributed by atoms with Crippen molar-refractivity contribution < 1.29 is 18.7 Å².